The lowest BCUT2D eigenvalue weighted by molar-refractivity contribution is -0.136. The average Bonchev–Trinajstić information content (AvgIpc) is 2.71. The van der Waals surface area contributed by atoms with Gasteiger partial charge in [0, 0.05) is 64.0 Å². The zero-order chi connectivity index (χ0) is 19.1. The second-order valence-electron chi connectivity index (χ2n) is 7.62. The lowest BCUT2D eigenvalue weighted by Gasteiger charge is -2.45. The van der Waals surface area contributed by atoms with Crippen molar-refractivity contribution in [3.63, 3.8) is 0 Å². The lowest BCUT2D eigenvalue weighted by Crippen LogP contribution is -2.59. The number of amides is 1. The smallest absolute Gasteiger partial charge is 0.223 e. The first-order valence-corrected chi connectivity index (χ1v) is 11.5. The predicted molar refractivity (Wildman–Crippen MR) is 112 cm³/mol. The summed E-state index contributed by atoms with van der Waals surface area (Å²) in [6.45, 7) is 6.52. The van der Waals surface area contributed by atoms with Gasteiger partial charge in [-0.25, -0.2) is 0 Å². The Bertz CT molecular complexity index is 578. The highest BCUT2D eigenvalue weighted by atomic mass is 32.2. The van der Waals surface area contributed by atoms with Crippen LogP contribution in [0, 0.1) is 0 Å². The maximum Gasteiger partial charge on any atom is 0.223 e. The van der Waals surface area contributed by atoms with E-state index in [0.29, 0.717) is 13.0 Å². The van der Waals surface area contributed by atoms with Crippen molar-refractivity contribution >= 4 is 17.7 Å². The van der Waals surface area contributed by atoms with Crippen molar-refractivity contribution in [2.24, 2.45) is 0 Å². The molecule has 0 spiro atoms. The number of aliphatic hydroxyl groups excluding tert-OH is 1. The first-order valence-electron chi connectivity index (χ1n) is 10.1. The van der Waals surface area contributed by atoms with Gasteiger partial charge in [-0.15, -0.1) is 0 Å². The topological polar surface area (TPSA) is 47.0 Å². The molecule has 1 aromatic rings. The number of likely N-dealkylation sites (tertiary alicyclic amines) is 1. The Morgan fingerprint density at radius 2 is 1.89 bits per heavy atom. The number of benzene rings is 1. The van der Waals surface area contributed by atoms with Crippen LogP contribution in [-0.4, -0.2) is 95.7 Å². The fraction of sp³-hybridized carbons (Fsp3) is 0.667. The highest BCUT2D eigenvalue weighted by Crippen LogP contribution is 2.20. The van der Waals surface area contributed by atoms with Crippen LogP contribution in [0.1, 0.15) is 18.4 Å². The highest BCUT2D eigenvalue weighted by molar-refractivity contribution is 7.98. The van der Waals surface area contributed by atoms with Gasteiger partial charge in [-0.2, -0.15) is 11.8 Å². The number of aliphatic hydroxyl groups is 1. The third kappa shape index (κ3) is 5.95. The van der Waals surface area contributed by atoms with Gasteiger partial charge in [-0.3, -0.25) is 9.69 Å². The fourth-order valence-corrected chi connectivity index (χ4v) is 4.55. The Kier molecular flexibility index (Phi) is 8.00. The molecule has 2 fully saturated rings. The number of hydrogen-bond donors (Lipinski definition) is 1. The molecular weight excluding hydrogens is 358 g/mol. The van der Waals surface area contributed by atoms with E-state index >= 15 is 0 Å². The normalized spacial score (nSPS) is 24.9. The Balaban J connectivity index is 1.40. The molecule has 2 aliphatic rings. The summed E-state index contributed by atoms with van der Waals surface area (Å²) in [4.78, 5) is 19.0. The van der Waals surface area contributed by atoms with Crippen LogP contribution in [0.15, 0.2) is 30.3 Å². The molecule has 2 atom stereocenters. The van der Waals surface area contributed by atoms with E-state index in [-0.39, 0.29) is 11.9 Å². The number of β-amino-alcohol motifs (C(OH)–C–C–N with tert-alkyl or cyclic N) is 1. The molecule has 2 heterocycles. The van der Waals surface area contributed by atoms with Crippen molar-refractivity contribution in [1.82, 2.24) is 14.7 Å². The van der Waals surface area contributed by atoms with Gasteiger partial charge in [0.15, 0.2) is 0 Å². The van der Waals surface area contributed by atoms with E-state index in [4.69, 9.17) is 0 Å². The van der Waals surface area contributed by atoms with E-state index in [2.05, 4.69) is 40.1 Å². The summed E-state index contributed by atoms with van der Waals surface area (Å²) >= 11 is 1.70. The molecule has 1 amide bonds. The number of piperazine rings is 1. The van der Waals surface area contributed by atoms with Crippen LogP contribution in [0.4, 0.5) is 0 Å². The van der Waals surface area contributed by atoms with Gasteiger partial charge in [-0.05, 0) is 24.7 Å². The molecular formula is C21H33N3O2S. The van der Waals surface area contributed by atoms with E-state index in [1.807, 2.05) is 11.2 Å². The quantitative estimate of drug-likeness (QED) is 0.764. The summed E-state index contributed by atoms with van der Waals surface area (Å²) in [5, 5.41) is 10.6. The zero-order valence-corrected chi connectivity index (χ0v) is 17.2. The van der Waals surface area contributed by atoms with E-state index in [1.165, 1.54) is 5.56 Å². The molecule has 1 N–H and O–H groups in total. The van der Waals surface area contributed by atoms with Crippen molar-refractivity contribution in [2.45, 2.75) is 31.4 Å². The van der Waals surface area contributed by atoms with Gasteiger partial charge in [0.25, 0.3) is 0 Å². The van der Waals surface area contributed by atoms with Crippen molar-refractivity contribution in [1.29, 1.82) is 0 Å². The summed E-state index contributed by atoms with van der Waals surface area (Å²) in [7, 11) is 0. The first-order chi connectivity index (χ1) is 13.2. The Morgan fingerprint density at radius 1 is 1.15 bits per heavy atom. The molecule has 6 heteroatoms. The summed E-state index contributed by atoms with van der Waals surface area (Å²) in [5.41, 5.74) is 1.40. The molecule has 0 aromatic heterocycles. The Labute approximate surface area is 167 Å². The maximum atomic E-state index is 12.2. The van der Waals surface area contributed by atoms with Gasteiger partial charge < -0.3 is 14.9 Å². The van der Waals surface area contributed by atoms with Gasteiger partial charge in [0.2, 0.25) is 5.91 Å². The molecule has 0 radical (unpaired) electrons. The van der Waals surface area contributed by atoms with Gasteiger partial charge in [0.05, 0.1) is 6.10 Å². The summed E-state index contributed by atoms with van der Waals surface area (Å²) in [6, 6.07) is 10.9. The minimum Gasteiger partial charge on any atom is -0.390 e. The van der Waals surface area contributed by atoms with Crippen LogP contribution in [0.2, 0.25) is 0 Å². The number of piperidine rings is 1. The second-order valence-corrected chi connectivity index (χ2v) is 8.60. The average molecular weight is 392 g/mol. The molecule has 150 valence electrons. The molecule has 2 saturated heterocycles. The number of hydrogen-bond acceptors (Lipinski definition) is 5. The van der Waals surface area contributed by atoms with Crippen LogP contribution >= 0.6 is 11.8 Å². The van der Waals surface area contributed by atoms with E-state index in [9.17, 15) is 9.90 Å². The number of rotatable bonds is 7. The lowest BCUT2D eigenvalue weighted by atomic mass is 9.99. The van der Waals surface area contributed by atoms with Crippen LogP contribution in [-0.2, 0) is 11.2 Å². The minimum absolute atomic E-state index is 0.188. The Morgan fingerprint density at radius 3 is 2.56 bits per heavy atom. The zero-order valence-electron chi connectivity index (χ0n) is 16.4. The molecule has 5 nitrogen and oxygen atoms in total. The van der Waals surface area contributed by atoms with Crippen molar-refractivity contribution in [3.05, 3.63) is 35.9 Å². The summed E-state index contributed by atoms with van der Waals surface area (Å²) < 4.78 is 0. The Hall–Kier alpha value is -1.08. The van der Waals surface area contributed by atoms with E-state index < -0.39 is 6.10 Å². The van der Waals surface area contributed by atoms with Crippen LogP contribution in [0.25, 0.3) is 0 Å². The third-order valence-electron chi connectivity index (χ3n) is 5.85. The molecule has 0 unspecified atom stereocenters. The third-order valence-corrected chi connectivity index (χ3v) is 6.47. The van der Waals surface area contributed by atoms with Crippen LogP contribution in [0.5, 0.6) is 0 Å². The van der Waals surface area contributed by atoms with Gasteiger partial charge in [-0.1, -0.05) is 30.3 Å². The molecule has 3 rings (SSSR count). The predicted octanol–water partition coefficient (Wildman–Crippen LogP) is 1.56. The van der Waals surface area contributed by atoms with E-state index in [0.717, 1.165) is 57.9 Å². The molecule has 0 bridgehead atoms. The van der Waals surface area contributed by atoms with Gasteiger partial charge >= 0.3 is 0 Å². The van der Waals surface area contributed by atoms with Crippen molar-refractivity contribution in [3.8, 4) is 0 Å². The second kappa shape index (κ2) is 10.5. The number of thioether (sulfide) groups is 1. The molecule has 0 aliphatic carbocycles. The van der Waals surface area contributed by atoms with Crippen molar-refractivity contribution < 1.29 is 9.90 Å². The molecule has 2 aliphatic heterocycles. The highest BCUT2D eigenvalue weighted by Gasteiger charge is 2.34. The summed E-state index contributed by atoms with van der Waals surface area (Å²) in [6.07, 6.45) is 4.16. The fourth-order valence-electron chi connectivity index (χ4n) is 4.17. The molecule has 0 saturated carbocycles. The minimum atomic E-state index is -0.423. The summed E-state index contributed by atoms with van der Waals surface area (Å²) in [5.74, 6) is 1.05. The molecule has 1 aromatic carbocycles. The standard InChI is InChI=1S/C21H33N3O2S/c1-27-16-9-21(26)24-11-8-19(20(25)17-24)23-14-12-22(13-15-23)10-7-18-5-3-2-4-6-18/h2-6,19-20,25H,7-17H2,1H3/t19-,20-/m1/s1. The largest absolute Gasteiger partial charge is 0.390 e. The monoisotopic (exact) mass is 391 g/mol. The number of carbonyl (C=O) groups is 1. The van der Waals surface area contributed by atoms with Gasteiger partial charge in [0.1, 0.15) is 0 Å². The maximum absolute atomic E-state index is 12.2. The molecule has 27 heavy (non-hydrogen) atoms. The van der Waals surface area contributed by atoms with E-state index in [1.54, 1.807) is 11.8 Å². The number of nitrogens with zero attached hydrogens (tertiary/aromatic N) is 3. The van der Waals surface area contributed by atoms with Crippen LogP contribution in [0.3, 0.4) is 0 Å². The van der Waals surface area contributed by atoms with Crippen molar-refractivity contribution in [2.75, 3.05) is 57.8 Å². The first kappa shape index (κ1) is 20.6. The van der Waals surface area contributed by atoms with Crippen LogP contribution < -0.4 is 0 Å². The number of carbonyl (C=O) groups excluding carboxylic acids is 1. The SMILES string of the molecule is CSCCC(=O)N1CC[C@@H](N2CCN(CCc3ccccc3)CC2)[C@H](O)C1.